The van der Waals surface area contributed by atoms with Gasteiger partial charge in [0.05, 0.1) is 25.4 Å². The number of hydrogen-bond acceptors (Lipinski definition) is 10. The molecule has 1 aliphatic rings. The lowest BCUT2D eigenvalue weighted by Crippen LogP contribution is -2.60. The van der Waals surface area contributed by atoms with Crippen molar-refractivity contribution in [1.29, 1.82) is 0 Å². The number of aliphatic hydroxyl groups is 7. The van der Waals surface area contributed by atoms with E-state index in [4.69, 9.17) is 9.47 Å². The molecule has 1 rings (SSSR count). The monoisotopic (exact) mass is 898 g/mol. The second-order valence-electron chi connectivity index (χ2n) is 18.6. The Hall–Kier alpha value is -1.41. The molecular formula is C52H99NO10. The van der Waals surface area contributed by atoms with Crippen LogP contribution in [0.5, 0.6) is 0 Å². The molecule has 1 amide bonds. The summed E-state index contributed by atoms with van der Waals surface area (Å²) in [5.74, 6) is -0.702. The van der Waals surface area contributed by atoms with Crippen molar-refractivity contribution in [1.82, 2.24) is 5.32 Å². The molecule has 9 atom stereocenters. The molecule has 11 heteroatoms. The van der Waals surface area contributed by atoms with Crippen LogP contribution in [0.15, 0.2) is 24.3 Å². The molecule has 0 aromatic heterocycles. The molecule has 1 saturated heterocycles. The zero-order valence-electron chi connectivity index (χ0n) is 40.3. The van der Waals surface area contributed by atoms with Gasteiger partial charge in [-0.1, -0.05) is 192 Å². The highest BCUT2D eigenvalue weighted by molar-refractivity contribution is 5.80. The lowest BCUT2D eigenvalue weighted by Gasteiger charge is -2.40. The Morgan fingerprint density at radius 1 is 0.540 bits per heavy atom. The van der Waals surface area contributed by atoms with Gasteiger partial charge in [0.1, 0.15) is 36.6 Å². The minimum Gasteiger partial charge on any atom is -0.394 e. The molecular weight excluding hydrogens is 799 g/mol. The first-order valence-corrected chi connectivity index (χ1v) is 26.2. The standard InChI is InChI=1S/C52H99NO10/c1-3-5-7-9-11-13-15-17-19-20-21-22-23-24-25-26-28-30-32-34-36-38-40-45(56)51(61)53-43(42-62-52-50(60)49(59)48(58)46(41-54)63-52)47(57)44(55)39-37-35-33-31-29-27-18-16-14-12-10-8-6-4-2/h17,19,27,29,43-50,52,54-60H,3-16,18,20-26,28,30-42H2,1-2H3,(H,53,61)/b19-17-,29-27-/t43-,44-,45+,46+,47+,48+,49-,50+,52+/m0/s1. The molecule has 0 spiro atoms. The minimum absolute atomic E-state index is 0.257. The summed E-state index contributed by atoms with van der Waals surface area (Å²) >= 11 is 0. The van der Waals surface area contributed by atoms with Crippen LogP contribution in [0.2, 0.25) is 0 Å². The summed E-state index contributed by atoms with van der Waals surface area (Å²) in [5, 5.41) is 75.9. The highest BCUT2D eigenvalue weighted by Gasteiger charge is 2.44. The third-order valence-electron chi connectivity index (χ3n) is 12.7. The van der Waals surface area contributed by atoms with Crippen molar-refractivity contribution in [2.24, 2.45) is 0 Å². The summed E-state index contributed by atoms with van der Waals surface area (Å²) in [4.78, 5) is 13.1. The molecule has 0 aromatic carbocycles. The van der Waals surface area contributed by atoms with E-state index < -0.39 is 74.2 Å². The highest BCUT2D eigenvalue weighted by atomic mass is 16.7. The second-order valence-corrected chi connectivity index (χ2v) is 18.6. The van der Waals surface area contributed by atoms with Crippen LogP contribution in [0.25, 0.3) is 0 Å². The van der Waals surface area contributed by atoms with Crippen molar-refractivity contribution in [3.63, 3.8) is 0 Å². The molecule has 0 bridgehead atoms. The Bertz CT molecular complexity index is 1080. The lowest BCUT2D eigenvalue weighted by molar-refractivity contribution is -0.303. The summed E-state index contributed by atoms with van der Waals surface area (Å²) in [6.07, 6.45) is 36.5. The lowest BCUT2D eigenvalue weighted by atomic mass is 9.98. The van der Waals surface area contributed by atoms with Gasteiger partial charge in [0.15, 0.2) is 6.29 Å². The Balaban J connectivity index is 2.36. The molecule has 8 N–H and O–H groups in total. The summed E-state index contributed by atoms with van der Waals surface area (Å²) in [5.41, 5.74) is 0. The first-order chi connectivity index (χ1) is 30.7. The number of ether oxygens (including phenoxy) is 2. The molecule has 0 unspecified atom stereocenters. The van der Waals surface area contributed by atoms with Crippen LogP contribution >= 0.6 is 0 Å². The maximum Gasteiger partial charge on any atom is 0.249 e. The number of unbranched alkanes of at least 4 members (excludes halogenated alkanes) is 28. The molecule has 1 heterocycles. The van der Waals surface area contributed by atoms with Crippen LogP contribution in [0.4, 0.5) is 0 Å². The average molecular weight is 898 g/mol. The van der Waals surface area contributed by atoms with E-state index in [1.807, 2.05) is 0 Å². The zero-order chi connectivity index (χ0) is 46.2. The van der Waals surface area contributed by atoms with E-state index in [-0.39, 0.29) is 12.8 Å². The van der Waals surface area contributed by atoms with Gasteiger partial charge in [0.25, 0.3) is 0 Å². The fourth-order valence-corrected chi connectivity index (χ4v) is 8.37. The van der Waals surface area contributed by atoms with Gasteiger partial charge < -0.3 is 50.5 Å². The van der Waals surface area contributed by atoms with Gasteiger partial charge in [-0.25, -0.2) is 0 Å². The summed E-state index contributed by atoms with van der Waals surface area (Å²) in [6, 6.07) is -1.18. The topological polar surface area (TPSA) is 189 Å². The second kappa shape index (κ2) is 42.0. The van der Waals surface area contributed by atoms with E-state index >= 15 is 0 Å². The predicted molar refractivity (Wildman–Crippen MR) is 256 cm³/mol. The average Bonchev–Trinajstić information content (AvgIpc) is 3.28. The minimum atomic E-state index is -1.66. The van der Waals surface area contributed by atoms with Crippen LogP contribution < -0.4 is 5.32 Å². The van der Waals surface area contributed by atoms with Crippen LogP contribution in [0.1, 0.15) is 232 Å². The van der Waals surface area contributed by atoms with Gasteiger partial charge in [-0.2, -0.15) is 0 Å². The van der Waals surface area contributed by atoms with E-state index in [0.717, 1.165) is 44.9 Å². The number of carbonyl (C=O) groups is 1. The molecule has 0 saturated carbocycles. The number of amides is 1. The van der Waals surface area contributed by atoms with E-state index in [2.05, 4.69) is 43.5 Å². The van der Waals surface area contributed by atoms with Crippen LogP contribution in [0, 0.1) is 0 Å². The number of rotatable bonds is 44. The molecule has 0 aromatic rings. The van der Waals surface area contributed by atoms with Gasteiger partial charge in [0.2, 0.25) is 5.91 Å². The number of nitrogens with one attached hydrogen (secondary N) is 1. The van der Waals surface area contributed by atoms with E-state index in [0.29, 0.717) is 12.8 Å². The largest absolute Gasteiger partial charge is 0.394 e. The number of aliphatic hydroxyl groups excluding tert-OH is 7. The summed E-state index contributed by atoms with van der Waals surface area (Å²) in [6.45, 7) is 3.44. The number of hydrogen-bond donors (Lipinski definition) is 8. The fourth-order valence-electron chi connectivity index (χ4n) is 8.37. The van der Waals surface area contributed by atoms with Crippen LogP contribution in [0.3, 0.4) is 0 Å². The Morgan fingerprint density at radius 2 is 0.921 bits per heavy atom. The Labute approximate surface area is 384 Å². The smallest absolute Gasteiger partial charge is 0.249 e. The van der Waals surface area contributed by atoms with Crippen molar-refractivity contribution in [3.8, 4) is 0 Å². The van der Waals surface area contributed by atoms with E-state index in [1.165, 1.54) is 148 Å². The third kappa shape index (κ3) is 31.2. The third-order valence-corrected chi connectivity index (χ3v) is 12.7. The van der Waals surface area contributed by atoms with Crippen molar-refractivity contribution >= 4 is 5.91 Å². The first-order valence-electron chi connectivity index (χ1n) is 26.2. The highest BCUT2D eigenvalue weighted by Crippen LogP contribution is 2.23. The molecule has 1 fully saturated rings. The van der Waals surface area contributed by atoms with Gasteiger partial charge in [-0.3, -0.25) is 4.79 Å². The summed E-state index contributed by atoms with van der Waals surface area (Å²) in [7, 11) is 0. The molecule has 372 valence electrons. The molecule has 0 radical (unpaired) electrons. The summed E-state index contributed by atoms with van der Waals surface area (Å²) < 4.78 is 11.1. The van der Waals surface area contributed by atoms with Crippen LogP contribution in [-0.4, -0.2) is 110 Å². The van der Waals surface area contributed by atoms with E-state index in [9.17, 15) is 40.5 Å². The number of allylic oxidation sites excluding steroid dienone is 4. The first kappa shape index (κ1) is 59.6. The Morgan fingerprint density at radius 3 is 1.35 bits per heavy atom. The zero-order valence-corrected chi connectivity index (χ0v) is 40.3. The Kier molecular flexibility index (Phi) is 39.7. The number of carbonyl (C=O) groups excluding carboxylic acids is 1. The van der Waals surface area contributed by atoms with Gasteiger partial charge >= 0.3 is 0 Å². The van der Waals surface area contributed by atoms with Crippen molar-refractivity contribution in [2.45, 2.75) is 287 Å². The van der Waals surface area contributed by atoms with Crippen molar-refractivity contribution in [2.75, 3.05) is 13.2 Å². The maximum atomic E-state index is 13.1. The quantitative estimate of drug-likeness (QED) is 0.0216. The van der Waals surface area contributed by atoms with Crippen molar-refractivity contribution < 1.29 is 50.0 Å². The van der Waals surface area contributed by atoms with Crippen LogP contribution in [-0.2, 0) is 14.3 Å². The molecule has 0 aliphatic carbocycles. The molecule has 11 nitrogen and oxygen atoms in total. The fraction of sp³-hybridized carbons (Fsp3) is 0.904. The normalized spacial score (nSPS) is 21.3. The SMILES string of the molecule is CCCCCCCC/C=C\CCCCCCCCCCCCCC[C@@H](O)C(=O)N[C@@H](CO[C@@H]1O[C@H](CO)[C@@H](O)[C@H](O)[C@H]1O)[C@@H](O)[C@@H](O)CCCCC/C=C\CCCCCCCCC. The van der Waals surface area contributed by atoms with Gasteiger partial charge in [-0.05, 0) is 64.2 Å². The maximum absolute atomic E-state index is 13.1. The van der Waals surface area contributed by atoms with Gasteiger partial charge in [-0.15, -0.1) is 0 Å². The molecule has 63 heavy (non-hydrogen) atoms. The van der Waals surface area contributed by atoms with Crippen molar-refractivity contribution in [3.05, 3.63) is 24.3 Å². The van der Waals surface area contributed by atoms with Gasteiger partial charge in [0, 0.05) is 0 Å². The predicted octanol–water partition coefficient (Wildman–Crippen LogP) is 9.79. The molecule has 1 aliphatic heterocycles. The van der Waals surface area contributed by atoms with E-state index in [1.54, 1.807) is 0 Å².